The number of rotatable bonds is 3. The Balaban J connectivity index is 2.02. The Morgan fingerprint density at radius 3 is 2.94 bits per heavy atom. The summed E-state index contributed by atoms with van der Waals surface area (Å²) in [6, 6.07) is 7.47. The van der Waals surface area contributed by atoms with E-state index in [0.717, 1.165) is 4.90 Å². The van der Waals surface area contributed by atoms with Gasteiger partial charge in [-0.3, -0.25) is 4.79 Å². The molecule has 2 aromatic rings. The molecule has 0 unspecified atom stereocenters. The summed E-state index contributed by atoms with van der Waals surface area (Å²) < 4.78 is 1.82. The molecule has 1 aromatic carbocycles. The largest absolute Gasteiger partial charge is 0.327 e. The molecule has 0 fully saturated rings. The molecule has 1 aromatic heterocycles. The lowest BCUT2D eigenvalue weighted by Gasteiger charge is -2.00. The molecule has 0 aliphatic carbocycles. The van der Waals surface area contributed by atoms with E-state index in [4.69, 9.17) is 11.6 Å². The van der Waals surface area contributed by atoms with Gasteiger partial charge in [0.1, 0.15) is 0 Å². The molecular weight excluding hydrogens is 288 g/mol. The maximum absolute atomic E-state index is 11.7. The lowest BCUT2D eigenvalue weighted by atomic mass is 10.4. The predicted molar refractivity (Wildman–Crippen MR) is 76.0 cm³/mol. The SMILES string of the molecule is Cn1ccsc1=NC(=O)CSc1ccccc1Cl. The number of carbonyl (C=O) groups excluding carboxylic acids is 1. The highest BCUT2D eigenvalue weighted by Crippen LogP contribution is 2.26. The van der Waals surface area contributed by atoms with E-state index in [1.54, 1.807) is 0 Å². The first-order valence-corrected chi connectivity index (χ1v) is 7.46. The van der Waals surface area contributed by atoms with E-state index in [1.165, 1.54) is 23.1 Å². The molecule has 0 saturated carbocycles. The van der Waals surface area contributed by atoms with Crippen molar-refractivity contribution in [3.05, 3.63) is 45.7 Å². The zero-order chi connectivity index (χ0) is 13.0. The fourth-order valence-electron chi connectivity index (χ4n) is 1.27. The van der Waals surface area contributed by atoms with Gasteiger partial charge < -0.3 is 4.57 Å². The van der Waals surface area contributed by atoms with Crippen LogP contribution < -0.4 is 4.80 Å². The predicted octanol–water partition coefficient (Wildman–Crippen LogP) is 2.96. The Bertz CT molecular complexity index is 618. The van der Waals surface area contributed by atoms with Crippen molar-refractivity contribution in [2.45, 2.75) is 4.90 Å². The quantitative estimate of drug-likeness (QED) is 0.817. The van der Waals surface area contributed by atoms with E-state index in [1.807, 2.05) is 47.5 Å². The Morgan fingerprint density at radius 2 is 2.28 bits per heavy atom. The van der Waals surface area contributed by atoms with E-state index in [2.05, 4.69) is 4.99 Å². The first kappa shape index (κ1) is 13.4. The first-order chi connectivity index (χ1) is 8.66. The van der Waals surface area contributed by atoms with Crippen molar-refractivity contribution in [1.29, 1.82) is 0 Å². The third-order valence-corrected chi connectivity index (χ3v) is 4.52. The zero-order valence-electron chi connectivity index (χ0n) is 9.67. The van der Waals surface area contributed by atoms with Crippen LogP contribution >= 0.6 is 34.7 Å². The van der Waals surface area contributed by atoms with E-state index < -0.39 is 0 Å². The monoisotopic (exact) mass is 298 g/mol. The van der Waals surface area contributed by atoms with Crippen molar-refractivity contribution in [3.8, 4) is 0 Å². The van der Waals surface area contributed by atoms with Crippen LogP contribution in [0.3, 0.4) is 0 Å². The van der Waals surface area contributed by atoms with Crippen LogP contribution in [0.15, 0.2) is 45.7 Å². The smallest absolute Gasteiger partial charge is 0.258 e. The lowest BCUT2D eigenvalue weighted by molar-refractivity contribution is -0.115. The molecule has 6 heteroatoms. The van der Waals surface area contributed by atoms with Crippen molar-refractivity contribution in [3.63, 3.8) is 0 Å². The molecule has 18 heavy (non-hydrogen) atoms. The van der Waals surface area contributed by atoms with Gasteiger partial charge in [0.05, 0.1) is 10.8 Å². The third kappa shape index (κ3) is 3.48. The first-order valence-electron chi connectivity index (χ1n) is 5.22. The van der Waals surface area contributed by atoms with Gasteiger partial charge in [-0.25, -0.2) is 0 Å². The van der Waals surface area contributed by atoms with Gasteiger partial charge in [0.25, 0.3) is 5.91 Å². The maximum atomic E-state index is 11.7. The second-order valence-corrected chi connectivity index (χ2v) is 5.82. The fourth-order valence-corrected chi connectivity index (χ4v) is 3.05. The summed E-state index contributed by atoms with van der Waals surface area (Å²) in [7, 11) is 1.86. The number of benzene rings is 1. The number of hydrogen-bond donors (Lipinski definition) is 0. The highest BCUT2D eigenvalue weighted by molar-refractivity contribution is 8.00. The number of hydrogen-bond acceptors (Lipinski definition) is 3. The molecule has 94 valence electrons. The van der Waals surface area contributed by atoms with Gasteiger partial charge in [0.15, 0.2) is 4.80 Å². The van der Waals surface area contributed by atoms with E-state index in [-0.39, 0.29) is 5.91 Å². The van der Waals surface area contributed by atoms with Crippen LogP contribution in [0.4, 0.5) is 0 Å². The summed E-state index contributed by atoms with van der Waals surface area (Å²) in [4.78, 5) is 17.4. The molecular formula is C12H11ClN2OS2. The number of aryl methyl sites for hydroxylation is 1. The number of thiazole rings is 1. The molecule has 0 radical (unpaired) electrons. The molecule has 1 heterocycles. The summed E-state index contributed by atoms with van der Waals surface area (Å²) in [6.45, 7) is 0. The molecule has 1 amide bonds. The molecule has 0 N–H and O–H groups in total. The van der Waals surface area contributed by atoms with Crippen LogP contribution in [0.25, 0.3) is 0 Å². The standard InChI is InChI=1S/C12H11ClN2OS2/c1-15-6-7-17-12(15)14-11(16)8-18-10-5-3-2-4-9(10)13/h2-7H,8H2,1H3. The van der Waals surface area contributed by atoms with E-state index in [9.17, 15) is 4.79 Å². The number of aromatic nitrogens is 1. The van der Waals surface area contributed by atoms with Gasteiger partial charge in [0.2, 0.25) is 0 Å². The normalized spacial score (nSPS) is 11.8. The summed E-state index contributed by atoms with van der Waals surface area (Å²) >= 11 is 8.86. The Kier molecular flexibility index (Phi) is 4.63. The number of thioether (sulfide) groups is 1. The van der Waals surface area contributed by atoms with Crippen LogP contribution in [0, 0.1) is 0 Å². The Hall–Kier alpha value is -1.04. The van der Waals surface area contributed by atoms with Gasteiger partial charge in [-0.15, -0.1) is 23.1 Å². The molecule has 0 spiro atoms. The summed E-state index contributed by atoms with van der Waals surface area (Å²) in [5, 5.41) is 2.56. The van der Waals surface area contributed by atoms with E-state index in [0.29, 0.717) is 15.6 Å². The van der Waals surface area contributed by atoms with Crippen LogP contribution in [0.5, 0.6) is 0 Å². The van der Waals surface area contributed by atoms with Gasteiger partial charge in [-0.2, -0.15) is 4.99 Å². The molecule has 0 atom stereocenters. The van der Waals surface area contributed by atoms with Crippen molar-refractivity contribution in [2.75, 3.05) is 5.75 Å². The Morgan fingerprint density at radius 1 is 1.50 bits per heavy atom. The van der Waals surface area contributed by atoms with Crippen LogP contribution in [-0.4, -0.2) is 16.2 Å². The minimum Gasteiger partial charge on any atom is -0.327 e. The molecule has 2 rings (SSSR count). The van der Waals surface area contributed by atoms with Crippen LogP contribution in [-0.2, 0) is 11.8 Å². The number of nitrogens with zero attached hydrogens (tertiary/aromatic N) is 2. The zero-order valence-corrected chi connectivity index (χ0v) is 12.1. The van der Waals surface area contributed by atoms with Gasteiger partial charge in [0, 0.05) is 23.5 Å². The average molecular weight is 299 g/mol. The van der Waals surface area contributed by atoms with Crippen molar-refractivity contribution in [1.82, 2.24) is 4.57 Å². The lowest BCUT2D eigenvalue weighted by Crippen LogP contribution is -2.13. The summed E-state index contributed by atoms with van der Waals surface area (Å²) in [5.41, 5.74) is 0. The molecule has 0 bridgehead atoms. The number of amides is 1. The minimum absolute atomic E-state index is 0.155. The average Bonchev–Trinajstić information content (AvgIpc) is 2.74. The minimum atomic E-state index is -0.155. The van der Waals surface area contributed by atoms with Gasteiger partial charge >= 0.3 is 0 Å². The fraction of sp³-hybridized carbons (Fsp3) is 0.167. The second-order valence-electron chi connectivity index (χ2n) is 3.52. The highest BCUT2D eigenvalue weighted by Gasteiger charge is 2.04. The van der Waals surface area contributed by atoms with Crippen LogP contribution in [0.1, 0.15) is 0 Å². The summed E-state index contributed by atoms with van der Waals surface area (Å²) in [6.07, 6.45) is 1.87. The van der Waals surface area contributed by atoms with Gasteiger partial charge in [-0.1, -0.05) is 23.7 Å². The molecule has 0 saturated heterocycles. The Labute approximate surface area is 118 Å². The maximum Gasteiger partial charge on any atom is 0.258 e. The number of halogens is 1. The van der Waals surface area contributed by atoms with Crippen molar-refractivity contribution < 1.29 is 4.79 Å². The summed E-state index contributed by atoms with van der Waals surface area (Å²) in [5.74, 6) is 0.139. The second kappa shape index (κ2) is 6.22. The van der Waals surface area contributed by atoms with Crippen molar-refractivity contribution >= 4 is 40.6 Å². The van der Waals surface area contributed by atoms with Gasteiger partial charge in [-0.05, 0) is 12.1 Å². The van der Waals surface area contributed by atoms with E-state index >= 15 is 0 Å². The topological polar surface area (TPSA) is 34.4 Å². The highest BCUT2D eigenvalue weighted by atomic mass is 35.5. The number of carbonyl (C=O) groups is 1. The van der Waals surface area contributed by atoms with Crippen molar-refractivity contribution in [2.24, 2.45) is 12.0 Å². The third-order valence-electron chi connectivity index (χ3n) is 2.17. The van der Waals surface area contributed by atoms with Crippen LogP contribution in [0.2, 0.25) is 5.02 Å². The molecule has 3 nitrogen and oxygen atoms in total. The molecule has 0 aliphatic heterocycles. The molecule has 0 aliphatic rings.